The molecule has 0 heterocycles. The van der Waals surface area contributed by atoms with Gasteiger partial charge in [-0.2, -0.15) is 0 Å². The molecule has 0 radical (unpaired) electrons. The van der Waals surface area contributed by atoms with Crippen LogP contribution in [0, 0.1) is 0 Å². The Kier molecular flexibility index (Phi) is 21.5. The zero-order chi connectivity index (χ0) is 17.4. The molecule has 8 nitrogen and oxygen atoms in total. The van der Waals surface area contributed by atoms with Crippen molar-refractivity contribution in [3.8, 4) is 0 Å². The molecule has 0 N–H and O–H groups in total. The Labute approximate surface area is 164 Å². The number of carbonyl (C=O) groups is 4. The summed E-state index contributed by atoms with van der Waals surface area (Å²) in [5.41, 5.74) is 0. The Morgan fingerprint density at radius 2 is 1.04 bits per heavy atom. The van der Waals surface area contributed by atoms with Crippen LogP contribution in [-0.4, -0.2) is 74.8 Å². The number of rotatable bonds is 8. The van der Waals surface area contributed by atoms with E-state index >= 15 is 0 Å². The van der Waals surface area contributed by atoms with Crippen LogP contribution in [0.4, 0.5) is 0 Å². The molecule has 124 valence electrons. The van der Waals surface area contributed by atoms with Gasteiger partial charge < -0.3 is 29.3 Å². The van der Waals surface area contributed by atoms with E-state index in [1.54, 1.807) is 0 Å². The third-order valence-electron chi connectivity index (χ3n) is 1.61. The first-order chi connectivity index (χ1) is 10.3. The standard InChI is InChI=1S/2C7H10O4.Ca/c2*1-2-5-11-7(10)4-3-6(8)9;/h2*3-4H,2,5H2,1H3,(H,8,9);/q;;+2/p-2/b2*4-3+;. The molecule has 0 saturated heterocycles. The fourth-order valence-corrected chi connectivity index (χ4v) is 0.774. The normalized spacial score (nSPS) is 9.48. The van der Waals surface area contributed by atoms with Gasteiger partial charge in [0.2, 0.25) is 0 Å². The summed E-state index contributed by atoms with van der Waals surface area (Å²) in [6.45, 7) is 4.29. The Morgan fingerprint density at radius 1 is 0.739 bits per heavy atom. The third-order valence-corrected chi connectivity index (χ3v) is 1.61. The molecule has 0 spiro atoms. The summed E-state index contributed by atoms with van der Waals surface area (Å²) < 4.78 is 9.05. The zero-order valence-corrected chi connectivity index (χ0v) is 15.3. The second kappa shape index (κ2) is 18.7. The van der Waals surface area contributed by atoms with E-state index < -0.39 is 23.9 Å². The minimum Gasteiger partial charge on any atom is -0.545 e. The van der Waals surface area contributed by atoms with Gasteiger partial charge in [0.25, 0.3) is 0 Å². The first-order valence-corrected chi connectivity index (χ1v) is 6.45. The Balaban J connectivity index is -0.000000333. The molecule has 0 rings (SSSR count). The predicted molar refractivity (Wildman–Crippen MR) is 76.5 cm³/mol. The summed E-state index contributed by atoms with van der Waals surface area (Å²) in [5.74, 6) is -4.12. The molecule has 0 saturated carbocycles. The second-order valence-corrected chi connectivity index (χ2v) is 3.64. The Hall–Kier alpha value is -1.38. The van der Waals surface area contributed by atoms with E-state index in [2.05, 4.69) is 9.47 Å². The van der Waals surface area contributed by atoms with Gasteiger partial charge in [-0.1, -0.05) is 13.8 Å². The molecular weight excluding hydrogens is 336 g/mol. The quantitative estimate of drug-likeness (QED) is 0.281. The van der Waals surface area contributed by atoms with Gasteiger partial charge in [-0.25, -0.2) is 9.59 Å². The molecular formula is C14H18CaO8. The number of ether oxygens (including phenoxy) is 2. The first-order valence-electron chi connectivity index (χ1n) is 6.45. The number of carboxylic acids is 2. The fraction of sp³-hybridized carbons (Fsp3) is 0.429. The predicted octanol–water partition coefficient (Wildman–Crippen LogP) is -1.89. The zero-order valence-electron chi connectivity index (χ0n) is 13.1. The number of hydrogen-bond acceptors (Lipinski definition) is 8. The molecule has 0 fully saturated rings. The molecule has 0 bridgehead atoms. The topological polar surface area (TPSA) is 133 Å². The number of hydrogen-bond donors (Lipinski definition) is 0. The minimum absolute atomic E-state index is 0. The van der Waals surface area contributed by atoms with Gasteiger partial charge in [-0.05, 0) is 25.0 Å². The largest absolute Gasteiger partial charge is 2.00 e. The number of carboxylic acid groups (broad SMARTS) is 2. The van der Waals surface area contributed by atoms with Crippen molar-refractivity contribution in [2.45, 2.75) is 26.7 Å². The van der Waals surface area contributed by atoms with Crippen molar-refractivity contribution in [2.24, 2.45) is 0 Å². The average molecular weight is 354 g/mol. The van der Waals surface area contributed by atoms with Crippen LogP contribution in [0.5, 0.6) is 0 Å². The van der Waals surface area contributed by atoms with Crippen LogP contribution < -0.4 is 10.2 Å². The molecule has 0 aliphatic heterocycles. The van der Waals surface area contributed by atoms with Crippen LogP contribution in [0.2, 0.25) is 0 Å². The first kappa shape index (κ1) is 26.5. The molecule has 9 heteroatoms. The van der Waals surface area contributed by atoms with Gasteiger partial charge in [0.15, 0.2) is 0 Å². The van der Waals surface area contributed by atoms with Crippen molar-refractivity contribution in [2.75, 3.05) is 13.2 Å². The molecule has 0 atom stereocenters. The SMILES string of the molecule is CCCOC(=O)/C=C/C(=O)[O-].CCCOC(=O)/C=C/C(=O)[O-].[Ca+2]. The van der Waals surface area contributed by atoms with Crippen molar-refractivity contribution in [3.05, 3.63) is 24.3 Å². The minimum atomic E-state index is -1.40. The van der Waals surface area contributed by atoms with Crippen LogP contribution >= 0.6 is 0 Å². The van der Waals surface area contributed by atoms with Crippen molar-refractivity contribution < 1.29 is 38.9 Å². The van der Waals surface area contributed by atoms with Gasteiger partial charge >= 0.3 is 49.7 Å². The smallest absolute Gasteiger partial charge is 0.545 e. The number of esters is 2. The van der Waals surface area contributed by atoms with Crippen LogP contribution in [0.15, 0.2) is 24.3 Å². The van der Waals surface area contributed by atoms with E-state index in [9.17, 15) is 29.4 Å². The number of carbonyl (C=O) groups excluding carboxylic acids is 4. The molecule has 0 unspecified atom stereocenters. The summed E-state index contributed by atoms with van der Waals surface area (Å²) in [6, 6.07) is 0. The van der Waals surface area contributed by atoms with Crippen LogP contribution in [0.3, 0.4) is 0 Å². The van der Waals surface area contributed by atoms with E-state index in [0.29, 0.717) is 38.2 Å². The average Bonchev–Trinajstić information content (AvgIpc) is 2.47. The summed E-state index contributed by atoms with van der Waals surface area (Å²) in [6.07, 6.45) is 4.35. The third kappa shape index (κ3) is 25.9. The van der Waals surface area contributed by atoms with Gasteiger partial charge in [0.05, 0.1) is 25.2 Å². The maximum Gasteiger partial charge on any atom is 2.00 e. The molecule has 23 heavy (non-hydrogen) atoms. The molecule has 0 aliphatic carbocycles. The summed E-state index contributed by atoms with van der Waals surface area (Å²) >= 11 is 0. The van der Waals surface area contributed by atoms with Crippen LogP contribution in [-0.2, 0) is 28.7 Å². The van der Waals surface area contributed by atoms with Crippen molar-refractivity contribution in [1.82, 2.24) is 0 Å². The fourth-order valence-electron chi connectivity index (χ4n) is 0.774. The van der Waals surface area contributed by atoms with Crippen LogP contribution in [0.1, 0.15) is 26.7 Å². The second-order valence-electron chi connectivity index (χ2n) is 3.64. The summed E-state index contributed by atoms with van der Waals surface area (Å²) in [5, 5.41) is 19.5. The van der Waals surface area contributed by atoms with E-state index in [0.717, 1.165) is 12.2 Å². The molecule has 0 aliphatic rings. The van der Waals surface area contributed by atoms with E-state index in [-0.39, 0.29) is 37.7 Å². The van der Waals surface area contributed by atoms with E-state index in [4.69, 9.17) is 0 Å². The monoisotopic (exact) mass is 354 g/mol. The van der Waals surface area contributed by atoms with Gasteiger partial charge in [-0.3, -0.25) is 0 Å². The van der Waals surface area contributed by atoms with Gasteiger partial charge in [0.1, 0.15) is 0 Å². The van der Waals surface area contributed by atoms with Crippen LogP contribution in [0.25, 0.3) is 0 Å². The van der Waals surface area contributed by atoms with Gasteiger partial charge in [-0.15, -0.1) is 0 Å². The molecule has 0 amide bonds. The Bertz CT molecular complexity index is 388. The summed E-state index contributed by atoms with van der Waals surface area (Å²) in [7, 11) is 0. The van der Waals surface area contributed by atoms with E-state index in [1.807, 2.05) is 13.8 Å². The Morgan fingerprint density at radius 3 is 1.26 bits per heavy atom. The van der Waals surface area contributed by atoms with E-state index in [1.165, 1.54) is 0 Å². The van der Waals surface area contributed by atoms with Gasteiger partial charge in [0, 0.05) is 12.2 Å². The maximum atomic E-state index is 10.5. The van der Waals surface area contributed by atoms with Crippen molar-refractivity contribution >= 4 is 61.6 Å². The van der Waals surface area contributed by atoms with Crippen molar-refractivity contribution in [1.29, 1.82) is 0 Å². The molecule has 0 aromatic rings. The molecule has 0 aromatic carbocycles. The maximum absolute atomic E-state index is 10.5. The molecule has 0 aromatic heterocycles. The van der Waals surface area contributed by atoms with Crippen molar-refractivity contribution in [3.63, 3.8) is 0 Å². The summed E-state index contributed by atoms with van der Waals surface area (Å²) in [4.78, 5) is 40.6. The number of aliphatic carboxylic acids is 2.